The highest BCUT2D eigenvalue weighted by atomic mass is 35.5. The van der Waals surface area contributed by atoms with Crippen molar-refractivity contribution in [2.24, 2.45) is 0 Å². The van der Waals surface area contributed by atoms with Gasteiger partial charge in [-0.1, -0.05) is 29.8 Å². The molecule has 2 aromatic rings. The molecular formula is C15H14ClNO3. The summed E-state index contributed by atoms with van der Waals surface area (Å²) in [5.41, 5.74) is 1.62. The van der Waals surface area contributed by atoms with Gasteiger partial charge in [0, 0.05) is 23.4 Å². The summed E-state index contributed by atoms with van der Waals surface area (Å²) in [6.07, 6.45) is 0. The van der Waals surface area contributed by atoms with Crippen LogP contribution in [-0.2, 0) is 11.3 Å². The second kappa shape index (κ2) is 6.41. The maximum atomic E-state index is 12.2. The van der Waals surface area contributed by atoms with Crippen molar-refractivity contribution < 1.29 is 14.6 Å². The summed E-state index contributed by atoms with van der Waals surface area (Å²) < 4.78 is 5.08. The number of benzene rings is 2. The number of para-hydroxylation sites is 1. The van der Waals surface area contributed by atoms with E-state index in [2.05, 4.69) is 5.32 Å². The van der Waals surface area contributed by atoms with Gasteiger partial charge in [0.2, 0.25) is 0 Å². The number of aromatic hydroxyl groups is 1. The molecule has 0 aliphatic carbocycles. The van der Waals surface area contributed by atoms with Gasteiger partial charge in [0.15, 0.2) is 0 Å². The van der Waals surface area contributed by atoms with Gasteiger partial charge in [-0.05, 0) is 24.3 Å². The van der Waals surface area contributed by atoms with Crippen LogP contribution in [0.1, 0.15) is 15.9 Å². The maximum Gasteiger partial charge on any atom is 0.259 e. The SMILES string of the molecule is COCc1ccccc1NC(=O)c1cc(Cl)ccc1O. The minimum atomic E-state index is -0.423. The van der Waals surface area contributed by atoms with Gasteiger partial charge in [0.1, 0.15) is 5.75 Å². The predicted octanol–water partition coefficient (Wildman–Crippen LogP) is 3.44. The lowest BCUT2D eigenvalue weighted by molar-refractivity contribution is 0.102. The number of amides is 1. The smallest absolute Gasteiger partial charge is 0.259 e. The Kier molecular flexibility index (Phi) is 4.61. The summed E-state index contributed by atoms with van der Waals surface area (Å²) in [7, 11) is 1.58. The monoisotopic (exact) mass is 291 g/mol. The van der Waals surface area contributed by atoms with Gasteiger partial charge in [0.25, 0.3) is 5.91 Å². The van der Waals surface area contributed by atoms with Gasteiger partial charge in [0.05, 0.1) is 12.2 Å². The molecule has 1 amide bonds. The van der Waals surface area contributed by atoms with Crippen LogP contribution in [0.3, 0.4) is 0 Å². The molecule has 0 fully saturated rings. The van der Waals surface area contributed by atoms with Crippen molar-refractivity contribution in [2.75, 3.05) is 12.4 Å². The number of hydrogen-bond donors (Lipinski definition) is 2. The lowest BCUT2D eigenvalue weighted by atomic mass is 10.1. The second-order valence-corrected chi connectivity index (χ2v) is 4.64. The topological polar surface area (TPSA) is 58.6 Å². The Hall–Kier alpha value is -2.04. The molecule has 0 saturated heterocycles. The molecule has 20 heavy (non-hydrogen) atoms. The molecule has 0 aliphatic heterocycles. The molecule has 0 radical (unpaired) electrons. The molecule has 0 saturated carbocycles. The van der Waals surface area contributed by atoms with Crippen molar-refractivity contribution in [2.45, 2.75) is 6.61 Å². The third-order valence-corrected chi connectivity index (χ3v) is 3.00. The van der Waals surface area contributed by atoms with Gasteiger partial charge < -0.3 is 15.2 Å². The largest absolute Gasteiger partial charge is 0.507 e. The molecule has 0 aliphatic rings. The average molecular weight is 292 g/mol. The highest BCUT2D eigenvalue weighted by Crippen LogP contribution is 2.23. The van der Waals surface area contributed by atoms with Crippen LogP contribution in [0.15, 0.2) is 42.5 Å². The first-order valence-electron chi connectivity index (χ1n) is 5.98. The molecule has 0 spiro atoms. The lowest BCUT2D eigenvalue weighted by Crippen LogP contribution is -2.13. The predicted molar refractivity (Wildman–Crippen MR) is 78.2 cm³/mol. The Morgan fingerprint density at radius 2 is 2.05 bits per heavy atom. The zero-order valence-electron chi connectivity index (χ0n) is 10.9. The van der Waals surface area contributed by atoms with Crippen LogP contribution in [0.2, 0.25) is 5.02 Å². The number of halogens is 1. The number of phenolic OH excluding ortho intramolecular Hbond substituents is 1. The Morgan fingerprint density at radius 1 is 1.30 bits per heavy atom. The fourth-order valence-corrected chi connectivity index (χ4v) is 1.98. The first-order chi connectivity index (χ1) is 9.61. The standard InChI is InChI=1S/C15H14ClNO3/c1-20-9-10-4-2-3-5-13(10)17-15(19)12-8-11(16)6-7-14(12)18/h2-8,18H,9H2,1H3,(H,17,19). The second-order valence-electron chi connectivity index (χ2n) is 4.21. The number of ether oxygens (including phenoxy) is 1. The molecule has 2 N–H and O–H groups in total. The Labute approximate surface area is 122 Å². The summed E-state index contributed by atoms with van der Waals surface area (Å²) in [6.45, 7) is 0.387. The van der Waals surface area contributed by atoms with Gasteiger partial charge in [-0.15, -0.1) is 0 Å². The molecule has 2 aromatic carbocycles. The first-order valence-corrected chi connectivity index (χ1v) is 6.36. The highest BCUT2D eigenvalue weighted by molar-refractivity contribution is 6.31. The van der Waals surface area contributed by atoms with E-state index in [0.717, 1.165) is 5.56 Å². The van der Waals surface area contributed by atoms with Crippen LogP contribution in [0.4, 0.5) is 5.69 Å². The summed E-state index contributed by atoms with van der Waals surface area (Å²) in [6, 6.07) is 11.6. The Bertz CT molecular complexity index is 628. The van der Waals surface area contributed by atoms with E-state index in [1.54, 1.807) is 13.2 Å². The van der Waals surface area contributed by atoms with Gasteiger partial charge in [-0.3, -0.25) is 4.79 Å². The van der Waals surface area contributed by atoms with Crippen LogP contribution >= 0.6 is 11.6 Å². The van der Waals surface area contributed by atoms with E-state index < -0.39 is 5.91 Å². The molecule has 104 valence electrons. The van der Waals surface area contributed by atoms with E-state index in [-0.39, 0.29) is 11.3 Å². The normalized spacial score (nSPS) is 10.3. The molecule has 0 heterocycles. The number of methoxy groups -OCH3 is 1. The zero-order chi connectivity index (χ0) is 14.5. The van der Waals surface area contributed by atoms with E-state index in [1.807, 2.05) is 18.2 Å². The van der Waals surface area contributed by atoms with Crippen molar-refractivity contribution in [3.63, 3.8) is 0 Å². The molecule has 4 nitrogen and oxygen atoms in total. The summed E-state index contributed by atoms with van der Waals surface area (Å²) in [5.74, 6) is -0.537. The molecule has 5 heteroatoms. The number of nitrogens with one attached hydrogen (secondary N) is 1. The van der Waals surface area contributed by atoms with E-state index in [9.17, 15) is 9.90 Å². The van der Waals surface area contributed by atoms with Crippen LogP contribution in [0.25, 0.3) is 0 Å². The van der Waals surface area contributed by atoms with Crippen molar-refractivity contribution >= 4 is 23.2 Å². The van der Waals surface area contributed by atoms with E-state index >= 15 is 0 Å². The van der Waals surface area contributed by atoms with Crippen LogP contribution in [0, 0.1) is 0 Å². The average Bonchev–Trinajstić information content (AvgIpc) is 2.44. The fourth-order valence-electron chi connectivity index (χ4n) is 1.80. The molecule has 0 atom stereocenters. The van der Waals surface area contributed by atoms with Crippen molar-refractivity contribution in [3.05, 3.63) is 58.6 Å². The number of carbonyl (C=O) groups is 1. The van der Waals surface area contributed by atoms with Gasteiger partial charge in [-0.25, -0.2) is 0 Å². The lowest BCUT2D eigenvalue weighted by Gasteiger charge is -2.11. The Morgan fingerprint density at radius 3 is 2.80 bits per heavy atom. The number of carbonyl (C=O) groups excluding carboxylic acids is 1. The Balaban J connectivity index is 2.26. The van der Waals surface area contributed by atoms with E-state index in [4.69, 9.17) is 16.3 Å². The third-order valence-electron chi connectivity index (χ3n) is 2.77. The zero-order valence-corrected chi connectivity index (χ0v) is 11.6. The van der Waals surface area contributed by atoms with Crippen LogP contribution in [0.5, 0.6) is 5.75 Å². The number of phenols is 1. The summed E-state index contributed by atoms with van der Waals surface area (Å²) >= 11 is 5.83. The molecule has 2 rings (SSSR count). The fraction of sp³-hybridized carbons (Fsp3) is 0.133. The number of hydrogen-bond acceptors (Lipinski definition) is 3. The number of rotatable bonds is 4. The quantitative estimate of drug-likeness (QED) is 0.907. The van der Waals surface area contributed by atoms with Crippen molar-refractivity contribution in [1.29, 1.82) is 0 Å². The van der Waals surface area contributed by atoms with Gasteiger partial charge in [-0.2, -0.15) is 0 Å². The van der Waals surface area contributed by atoms with Gasteiger partial charge >= 0.3 is 0 Å². The summed E-state index contributed by atoms with van der Waals surface area (Å²) in [4.78, 5) is 12.2. The van der Waals surface area contributed by atoms with E-state index in [1.165, 1.54) is 18.2 Å². The first kappa shape index (κ1) is 14.4. The highest BCUT2D eigenvalue weighted by Gasteiger charge is 2.13. The number of anilines is 1. The van der Waals surface area contributed by atoms with Crippen LogP contribution in [-0.4, -0.2) is 18.1 Å². The van der Waals surface area contributed by atoms with E-state index in [0.29, 0.717) is 17.3 Å². The molecule has 0 bridgehead atoms. The summed E-state index contributed by atoms with van der Waals surface area (Å²) in [5, 5.41) is 12.8. The maximum absolute atomic E-state index is 12.2. The van der Waals surface area contributed by atoms with Crippen LogP contribution < -0.4 is 5.32 Å². The minimum Gasteiger partial charge on any atom is -0.507 e. The molecule has 0 aromatic heterocycles. The minimum absolute atomic E-state index is 0.115. The van der Waals surface area contributed by atoms with Crippen molar-refractivity contribution in [1.82, 2.24) is 0 Å². The van der Waals surface area contributed by atoms with Crippen molar-refractivity contribution in [3.8, 4) is 5.75 Å². The molecular weight excluding hydrogens is 278 g/mol. The molecule has 0 unspecified atom stereocenters. The third kappa shape index (κ3) is 3.29.